The molecule has 0 saturated heterocycles. The molecular weight excluding hydrogens is 395 g/mol. The molecule has 1 aromatic carbocycles. The zero-order chi connectivity index (χ0) is 21.5. The SMILES string of the molecule is CCOc1cc(-n2nc(-c3ccnc(C)c3)c3c2CC(C)OC3)ccc1C(F)(F)F. The minimum atomic E-state index is -4.49. The first kappa shape index (κ1) is 20.4. The molecule has 0 N–H and O–H groups in total. The van der Waals surface area contributed by atoms with E-state index in [9.17, 15) is 13.2 Å². The smallest absolute Gasteiger partial charge is 0.419 e. The lowest BCUT2D eigenvalue weighted by atomic mass is 10.0. The number of nitrogens with zero attached hydrogens (tertiary/aromatic N) is 3. The van der Waals surface area contributed by atoms with Crippen LogP contribution in [0.4, 0.5) is 13.2 Å². The lowest BCUT2D eigenvalue weighted by molar-refractivity contribution is -0.138. The highest BCUT2D eigenvalue weighted by Crippen LogP contribution is 2.39. The van der Waals surface area contributed by atoms with Gasteiger partial charge in [0.2, 0.25) is 0 Å². The van der Waals surface area contributed by atoms with Gasteiger partial charge < -0.3 is 9.47 Å². The monoisotopic (exact) mass is 417 g/mol. The predicted molar refractivity (Wildman–Crippen MR) is 106 cm³/mol. The molecule has 30 heavy (non-hydrogen) atoms. The fourth-order valence-electron chi connectivity index (χ4n) is 3.69. The van der Waals surface area contributed by atoms with Crippen LogP contribution in [-0.4, -0.2) is 27.5 Å². The second-order valence-corrected chi connectivity index (χ2v) is 7.31. The summed E-state index contributed by atoms with van der Waals surface area (Å²) in [4.78, 5) is 4.23. The van der Waals surface area contributed by atoms with Crippen molar-refractivity contribution in [3.63, 3.8) is 0 Å². The summed E-state index contributed by atoms with van der Waals surface area (Å²) in [7, 11) is 0. The van der Waals surface area contributed by atoms with Gasteiger partial charge in [-0.25, -0.2) is 4.68 Å². The van der Waals surface area contributed by atoms with E-state index in [-0.39, 0.29) is 18.5 Å². The molecule has 0 saturated carbocycles. The minimum absolute atomic E-state index is 0.0132. The van der Waals surface area contributed by atoms with Gasteiger partial charge in [0.25, 0.3) is 0 Å². The van der Waals surface area contributed by atoms with Gasteiger partial charge in [-0.2, -0.15) is 18.3 Å². The quantitative estimate of drug-likeness (QED) is 0.591. The van der Waals surface area contributed by atoms with Crippen molar-refractivity contribution < 1.29 is 22.6 Å². The zero-order valence-electron chi connectivity index (χ0n) is 17.0. The number of benzene rings is 1. The molecule has 4 rings (SSSR count). The van der Waals surface area contributed by atoms with Crippen LogP contribution >= 0.6 is 0 Å². The lowest BCUT2D eigenvalue weighted by Gasteiger charge is -2.21. The van der Waals surface area contributed by atoms with Crippen molar-refractivity contribution in [3.8, 4) is 22.7 Å². The average molecular weight is 417 g/mol. The molecule has 158 valence electrons. The van der Waals surface area contributed by atoms with E-state index in [0.29, 0.717) is 18.7 Å². The maximum Gasteiger partial charge on any atom is 0.419 e. The topological polar surface area (TPSA) is 49.2 Å². The Kier molecular flexibility index (Phi) is 5.27. The van der Waals surface area contributed by atoms with Gasteiger partial charge in [0.05, 0.1) is 42.0 Å². The molecule has 1 aliphatic heterocycles. The van der Waals surface area contributed by atoms with Crippen LogP contribution in [0.5, 0.6) is 5.75 Å². The first-order valence-corrected chi connectivity index (χ1v) is 9.77. The van der Waals surface area contributed by atoms with E-state index in [1.165, 1.54) is 12.1 Å². The van der Waals surface area contributed by atoms with Gasteiger partial charge in [0, 0.05) is 35.5 Å². The van der Waals surface area contributed by atoms with Crippen LogP contribution in [0, 0.1) is 6.92 Å². The molecule has 0 amide bonds. The molecule has 1 unspecified atom stereocenters. The molecule has 1 atom stereocenters. The molecular formula is C22H22F3N3O2. The number of alkyl halides is 3. The normalized spacial score (nSPS) is 16.4. The van der Waals surface area contributed by atoms with E-state index in [0.717, 1.165) is 34.3 Å². The van der Waals surface area contributed by atoms with Crippen LogP contribution in [0.3, 0.4) is 0 Å². The van der Waals surface area contributed by atoms with Crippen molar-refractivity contribution in [2.75, 3.05) is 6.61 Å². The van der Waals surface area contributed by atoms with Crippen molar-refractivity contribution in [1.29, 1.82) is 0 Å². The Morgan fingerprint density at radius 2 is 2.03 bits per heavy atom. The molecule has 3 aromatic rings. The third-order valence-corrected chi connectivity index (χ3v) is 5.07. The third-order valence-electron chi connectivity index (χ3n) is 5.07. The average Bonchev–Trinajstić information content (AvgIpc) is 3.06. The maximum absolute atomic E-state index is 13.4. The third kappa shape index (κ3) is 3.79. The van der Waals surface area contributed by atoms with E-state index in [1.54, 1.807) is 17.8 Å². The molecule has 8 heteroatoms. The summed E-state index contributed by atoms with van der Waals surface area (Å²) in [6.07, 6.45) is -2.18. The van der Waals surface area contributed by atoms with Gasteiger partial charge in [-0.3, -0.25) is 4.98 Å². The Morgan fingerprint density at radius 1 is 1.23 bits per heavy atom. The summed E-state index contributed by atoms with van der Waals surface area (Å²) in [5.74, 6) is -0.201. The molecule has 5 nitrogen and oxygen atoms in total. The maximum atomic E-state index is 13.4. The van der Waals surface area contributed by atoms with E-state index in [2.05, 4.69) is 4.98 Å². The summed E-state index contributed by atoms with van der Waals surface area (Å²) in [6.45, 7) is 6.05. The number of aromatic nitrogens is 3. The van der Waals surface area contributed by atoms with E-state index in [1.807, 2.05) is 26.0 Å². The molecule has 0 bridgehead atoms. The number of hydrogen-bond acceptors (Lipinski definition) is 4. The first-order chi connectivity index (χ1) is 14.3. The van der Waals surface area contributed by atoms with Crippen molar-refractivity contribution >= 4 is 0 Å². The fourth-order valence-corrected chi connectivity index (χ4v) is 3.69. The van der Waals surface area contributed by atoms with E-state index < -0.39 is 11.7 Å². The molecule has 2 aromatic heterocycles. The van der Waals surface area contributed by atoms with Gasteiger partial charge in [-0.1, -0.05) is 0 Å². The summed E-state index contributed by atoms with van der Waals surface area (Å²) in [6, 6.07) is 7.69. The number of aryl methyl sites for hydroxylation is 1. The van der Waals surface area contributed by atoms with Gasteiger partial charge in [0.15, 0.2) is 0 Å². The molecule has 0 aliphatic carbocycles. The van der Waals surface area contributed by atoms with E-state index >= 15 is 0 Å². The van der Waals surface area contributed by atoms with Crippen LogP contribution in [-0.2, 0) is 23.9 Å². The number of halogens is 3. The van der Waals surface area contributed by atoms with Crippen LogP contribution in [0.25, 0.3) is 16.9 Å². The second-order valence-electron chi connectivity index (χ2n) is 7.31. The highest BCUT2D eigenvalue weighted by atomic mass is 19.4. The predicted octanol–water partition coefficient (Wildman–Crippen LogP) is 5.12. The first-order valence-electron chi connectivity index (χ1n) is 9.77. The Morgan fingerprint density at radius 3 is 2.73 bits per heavy atom. The highest BCUT2D eigenvalue weighted by molar-refractivity contribution is 5.65. The summed E-state index contributed by atoms with van der Waals surface area (Å²) < 4.78 is 53.0. The minimum Gasteiger partial charge on any atom is -0.493 e. The standard InChI is InChI=1S/C22H22F3N3O2/c1-4-29-20-11-16(5-6-18(20)22(23,24)25)28-19-10-14(3)30-12-17(19)21(27-28)15-7-8-26-13(2)9-15/h5-9,11,14H,4,10,12H2,1-3H3. The van der Waals surface area contributed by atoms with Crippen LogP contribution in [0.15, 0.2) is 36.5 Å². The zero-order valence-corrected chi connectivity index (χ0v) is 17.0. The number of fused-ring (bicyclic) bond motifs is 1. The number of rotatable bonds is 4. The van der Waals surface area contributed by atoms with Crippen LogP contribution < -0.4 is 4.74 Å². The Bertz CT molecular complexity index is 1080. The summed E-state index contributed by atoms with van der Waals surface area (Å²) in [5.41, 5.74) is 4.10. The van der Waals surface area contributed by atoms with Gasteiger partial charge in [-0.05, 0) is 45.0 Å². The van der Waals surface area contributed by atoms with Crippen LogP contribution in [0.2, 0.25) is 0 Å². The van der Waals surface area contributed by atoms with Crippen molar-refractivity contribution in [2.45, 2.75) is 46.1 Å². The molecule has 0 spiro atoms. The summed E-state index contributed by atoms with van der Waals surface area (Å²) >= 11 is 0. The molecule has 1 aliphatic rings. The summed E-state index contributed by atoms with van der Waals surface area (Å²) in [5, 5.41) is 4.77. The fraction of sp³-hybridized carbons (Fsp3) is 0.364. The largest absolute Gasteiger partial charge is 0.493 e. The Labute approximate surface area is 172 Å². The number of pyridine rings is 1. The van der Waals surface area contributed by atoms with Gasteiger partial charge in [-0.15, -0.1) is 0 Å². The number of ether oxygens (including phenoxy) is 2. The van der Waals surface area contributed by atoms with Crippen molar-refractivity contribution in [2.24, 2.45) is 0 Å². The highest BCUT2D eigenvalue weighted by Gasteiger charge is 2.35. The second kappa shape index (κ2) is 7.75. The van der Waals surface area contributed by atoms with Crippen molar-refractivity contribution in [1.82, 2.24) is 14.8 Å². The van der Waals surface area contributed by atoms with Crippen molar-refractivity contribution in [3.05, 3.63) is 59.0 Å². The van der Waals surface area contributed by atoms with Gasteiger partial charge >= 0.3 is 6.18 Å². The Hall–Kier alpha value is -2.87. The molecule has 0 fully saturated rings. The van der Waals surface area contributed by atoms with Gasteiger partial charge in [0.1, 0.15) is 5.75 Å². The van der Waals surface area contributed by atoms with E-state index in [4.69, 9.17) is 14.6 Å². The molecule has 3 heterocycles. The molecule has 0 radical (unpaired) electrons. The Balaban J connectivity index is 1.88. The lowest BCUT2D eigenvalue weighted by Crippen LogP contribution is -2.21. The van der Waals surface area contributed by atoms with Crippen LogP contribution in [0.1, 0.15) is 36.4 Å². The number of hydrogen-bond donors (Lipinski definition) is 0.